The second-order valence-electron chi connectivity index (χ2n) is 4.18. The molecule has 0 bridgehead atoms. The van der Waals surface area contributed by atoms with Crippen molar-refractivity contribution >= 4 is 11.7 Å². The molecule has 6 nitrogen and oxygen atoms in total. The number of hydrogen-bond acceptors (Lipinski definition) is 5. The van der Waals surface area contributed by atoms with E-state index in [1.165, 1.54) is 19.2 Å². The minimum atomic E-state index is -0.527. The zero-order chi connectivity index (χ0) is 13.1. The van der Waals surface area contributed by atoms with Gasteiger partial charge in [-0.2, -0.15) is 0 Å². The second-order valence-corrected chi connectivity index (χ2v) is 4.18. The Balaban J connectivity index is 2.55. The van der Waals surface area contributed by atoms with E-state index in [1.807, 2.05) is 0 Å². The zero-order valence-electron chi connectivity index (χ0n) is 10.0. The van der Waals surface area contributed by atoms with E-state index < -0.39 is 10.9 Å². The first-order chi connectivity index (χ1) is 8.65. The average Bonchev–Trinajstić information content (AvgIpc) is 2.90. The molecule has 6 heteroatoms. The van der Waals surface area contributed by atoms with E-state index in [9.17, 15) is 14.9 Å². The van der Waals surface area contributed by atoms with Crippen LogP contribution in [0.4, 0.5) is 5.69 Å². The number of ether oxygens (including phenoxy) is 1. The lowest BCUT2D eigenvalue weighted by Gasteiger charge is -2.13. The maximum Gasteiger partial charge on any atom is 0.338 e. The van der Waals surface area contributed by atoms with E-state index in [1.54, 1.807) is 6.07 Å². The fraction of sp³-hybridized carbons (Fsp3) is 0.417. The number of benzene rings is 1. The number of carbonyl (C=O) groups is 1. The first-order valence-corrected chi connectivity index (χ1v) is 5.71. The molecule has 18 heavy (non-hydrogen) atoms. The van der Waals surface area contributed by atoms with Crippen molar-refractivity contribution in [2.24, 2.45) is 0 Å². The number of nitrogens with one attached hydrogen (secondary N) is 1. The van der Waals surface area contributed by atoms with E-state index in [0.29, 0.717) is 17.7 Å². The van der Waals surface area contributed by atoms with E-state index in [4.69, 9.17) is 0 Å². The Morgan fingerprint density at radius 3 is 2.89 bits per heavy atom. The standard InChI is InChI=1S/C12H14N2O4/c1-18-12(15)9-3-2-4-10(14(16)17)11(9)8-5-6-13-7-8/h2-4,8,13H,5-7H2,1H3. The summed E-state index contributed by atoms with van der Waals surface area (Å²) >= 11 is 0. The third-order valence-electron chi connectivity index (χ3n) is 3.15. The van der Waals surface area contributed by atoms with Crippen molar-refractivity contribution in [1.29, 1.82) is 0 Å². The van der Waals surface area contributed by atoms with Gasteiger partial charge in [-0.1, -0.05) is 6.07 Å². The second kappa shape index (κ2) is 5.14. The monoisotopic (exact) mass is 250 g/mol. The van der Waals surface area contributed by atoms with Gasteiger partial charge < -0.3 is 10.1 Å². The lowest BCUT2D eigenvalue weighted by atomic mass is 9.92. The smallest absolute Gasteiger partial charge is 0.338 e. The van der Waals surface area contributed by atoms with Crippen molar-refractivity contribution in [3.8, 4) is 0 Å². The molecule has 1 atom stereocenters. The molecule has 0 saturated carbocycles. The van der Waals surface area contributed by atoms with Gasteiger partial charge in [0.2, 0.25) is 0 Å². The van der Waals surface area contributed by atoms with Gasteiger partial charge in [-0.25, -0.2) is 4.79 Å². The maximum absolute atomic E-state index is 11.7. The Hall–Kier alpha value is -1.95. The van der Waals surface area contributed by atoms with Crippen LogP contribution in [-0.2, 0) is 4.74 Å². The number of carbonyl (C=O) groups excluding carboxylic acids is 1. The summed E-state index contributed by atoms with van der Waals surface area (Å²) in [7, 11) is 1.28. The predicted octanol–water partition coefficient (Wildman–Crippen LogP) is 1.46. The number of methoxy groups -OCH3 is 1. The molecule has 1 aromatic carbocycles. The molecule has 96 valence electrons. The first-order valence-electron chi connectivity index (χ1n) is 5.71. The summed E-state index contributed by atoms with van der Waals surface area (Å²) < 4.78 is 4.69. The van der Waals surface area contributed by atoms with Crippen molar-refractivity contribution in [2.45, 2.75) is 12.3 Å². The summed E-state index contributed by atoms with van der Waals surface area (Å²) in [6.45, 7) is 1.45. The van der Waals surface area contributed by atoms with Crippen molar-refractivity contribution in [2.75, 3.05) is 20.2 Å². The van der Waals surface area contributed by atoms with Gasteiger partial charge in [-0.15, -0.1) is 0 Å². The number of nitro benzene ring substituents is 1. The average molecular weight is 250 g/mol. The zero-order valence-corrected chi connectivity index (χ0v) is 10.0. The third kappa shape index (κ3) is 2.19. The minimum Gasteiger partial charge on any atom is -0.465 e. The summed E-state index contributed by atoms with van der Waals surface area (Å²) in [5.41, 5.74) is 0.770. The Labute approximate surface area is 104 Å². The van der Waals surface area contributed by atoms with Crippen LogP contribution in [-0.4, -0.2) is 31.1 Å². The van der Waals surface area contributed by atoms with Gasteiger partial charge in [0.1, 0.15) is 0 Å². The summed E-state index contributed by atoms with van der Waals surface area (Å²) in [6, 6.07) is 4.52. The molecule has 0 aliphatic carbocycles. The largest absolute Gasteiger partial charge is 0.465 e. The van der Waals surface area contributed by atoms with Gasteiger partial charge in [0.05, 0.1) is 17.6 Å². The molecule has 1 N–H and O–H groups in total. The molecule has 2 rings (SSSR count). The first kappa shape index (κ1) is 12.5. The van der Waals surface area contributed by atoms with Crippen molar-refractivity contribution in [3.63, 3.8) is 0 Å². The number of hydrogen-bond donors (Lipinski definition) is 1. The molecular formula is C12H14N2O4. The number of nitrogens with zero attached hydrogens (tertiary/aromatic N) is 1. The Morgan fingerprint density at radius 1 is 1.56 bits per heavy atom. The van der Waals surface area contributed by atoms with E-state index in [-0.39, 0.29) is 11.6 Å². The third-order valence-corrected chi connectivity index (χ3v) is 3.15. The summed E-state index contributed by atoms with van der Waals surface area (Å²) in [6.07, 6.45) is 0.787. The predicted molar refractivity (Wildman–Crippen MR) is 64.7 cm³/mol. The van der Waals surface area contributed by atoms with Crippen LogP contribution in [0.1, 0.15) is 28.3 Å². The molecule has 1 aliphatic rings. The van der Waals surface area contributed by atoms with E-state index >= 15 is 0 Å². The van der Waals surface area contributed by atoms with Crippen LogP contribution in [0.15, 0.2) is 18.2 Å². The van der Waals surface area contributed by atoms with E-state index in [2.05, 4.69) is 10.1 Å². The topological polar surface area (TPSA) is 81.5 Å². The normalized spacial score (nSPS) is 18.6. The highest BCUT2D eigenvalue weighted by Crippen LogP contribution is 2.33. The molecule has 1 heterocycles. The number of esters is 1. The highest BCUT2D eigenvalue weighted by Gasteiger charge is 2.30. The molecule has 1 aromatic rings. The SMILES string of the molecule is COC(=O)c1cccc([N+](=O)[O-])c1C1CCNC1. The van der Waals surface area contributed by atoms with Crippen LogP contribution in [0.2, 0.25) is 0 Å². The van der Waals surface area contributed by atoms with Crippen LogP contribution in [0.5, 0.6) is 0 Å². The van der Waals surface area contributed by atoms with E-state index in [0.717, 1.165) is 13.0 Å². The minimum absolute atomic E-state index is 0.00778. The van der Waals surface area contributed by atoms with Gasteiger partial charge in [-0.05, 0) is 19.0 Å². The number of rotatable bonds is 3. The lowest BCUT2D eigenvalue weighted by molar-refractivity contribution is -0.385. The van der Waals surface area contributed by atoms with Crippen LogP contribution in [0.25, 0.3) is 0 Å². The van der Waals surface area contributed by atoms with Crippen LogP contribution < -0.4 is 5.32 Å². The van der Waals surface area contributed by atoms with Gasteiger partial charge in [0, 0.05) is 24.1 Å². The molecule has 1 aliphatic heterocycles. The van der Waals surface area contributed by atoms with Gasteiger partial charge >= 0.3 is 5.97 Å². The fourth-order valence-electron chi connectivity index (χ4n) is 2.33. The number of nitro groups is 1. The molecule has 1 unspecified atom stereocenters. The highest BCUT2D eigenvalue weighted by atomic mass is 16.6. The van der Waals surface area contributed by atoms with Crippen LogP contribution in [0.3, 0.4) is 0 Å². The van der Waals surface area contributed by atoms with Crippen LogP contribution in [0, 0.1) is 10.1 Å². The molecule has 0 radical (unpaired) electrons. The van der Waals surface area contributed by atoms with Crippen molar-refractivity contribution in [1.82, 2.24) is 5.32 Å². The Morgan fingerprint density at radius 2 is 2.33 bits per heavy atom. The highest BCUT2D eigenvalue weighted by molar-refractivity contribution is 5.92. The molecule has 1 saturated heterocycles. The molecule has 0 amide bonds. The quantitative estimate of drug-likeness (QED) is 0.499. The lowest BCUT2D eigenvalue weighted by Crippen LogP contribution is -2.14. The summed E-state index contributed by atoms with van der Waals surface area (Å²) in [5.74, 6) is -0.540. The van der Waals surface area contributed by atoms with Gasteiger partial charge in [0.25, 0.3) is 5.69 Å². The van der Waals surface area contributed by atoms with Gasteiger partial charge in [0.15, 0.2) is 0 Å². The van der Waals surface area contributed by atoms with Crippen LogP contribution >= 0.6 is 0 Å². The maximum atomic E-state index is 11.7. The molecule has 0 aromatic heterocycles. The fourth-order valence-corrected chi connectivity index (χ4v) is 2.33. The molecule has 0 spiro atoms. The van der Waals surface area contributed by atoms with Gasteiger partial charge in [-0.3, -0.25) is 10.1 Å². The Bertz CT molecular complexity index is 481. The molecule has 1 fully saturated rings. The van der Waals surface area contributed by atoms with Crippen molar-refractivity contribution < 1.29 is 14.5 Å². The summed E-state index contributed by atoms with van der Waals surface area (Å²) in [4.78, 5) is 22.3. The molecular weight excluding hydrogens is 236 g/mol. The van der Waals surface area contributed by atoms with Crippen molar-refractivity contribution in [3.05, 3.63) is 39.4 Å². The Kier molecular flexibility index (Phi) is 3.57. The summed E-state index contributed by atoms with van der Waals surface area (Å²) in [5, 5.41) is 14.2.